The lowest BCUT2D eigenvalue weighted by molar-refractivity contribution is 0.0600. The number of aryl methyl sites for hydroxylation is 2. The van der Waals surface area contributed by atoms with Gasteiger partial charge in [-0.15, -0.1) is 0 Å². The highest BCUT2D eigenvalue weighted by atomic mass is 32.2. The zero-order valence-electron chi connectivity index (χ0n) is 14.4. The number of rotatable bonds is 7. The van der Waals surface area contributed by atoms with Crippen LogP contribution in [0.4, 0.5) is 0 Å². The van der Waals surface area contributed by atoms with Crippen LogP contribution in [-0.4, -0.2) is 34.6 Å². The largest absolute Gasteiger partial charge is 0.492 e. The monoisotopic (exact) mass is 363 g/mol. The summed E-state index contributed by atoms with van der Waals surface area (Å²) in [5.41, 5.74) is 2.45. The van der Waals surface area contributed by atoms with Crippen LogP contribution in [0.25, 0.3) is 0 Å². The molecule has 0 unspecified atom stereocenters. The van der Waals surface area contributed by atoms with Crippen molar-refractivity contribution in [2.24, 2.45) is 0 Å². The molecular weight excluding hydrogens is 342 g/mol. The van der Waals surface area contributed by atoms with E-state index < -0.39 is 16.0 Å². The van der Waals surface area contributed by atoms with Gasteiger partial charge < -0.3 is 9.47 Å². The predicted octanol–water partition coefficient (Wildman–Crippen LogP) is 2.45. The fourth-order valence-corrected chi connectivity index (χ4v) is 3.20. The Morgan fingerprint density at radius 2 is 1.84 bits per heavy atom. The highest BCUT2D eigenvalue weighted by molar-refractivity contribution is 7.89. The van der Waals surface area contributed by atoms with Crippen molar-refractivity contribution in [3.63, 3.8) is 0 Å². The van der Waals surface area contributed by atoms with Crippen LogP contribution in [0.2, 0.25) is 0 Å². The van der Waals surface area contributed by atoms with E-state index in [1.54, 1.807) is 0 Å². The van der Waals surface area contributed by atoms with Crippen molar-refractivity contribution in [3.05, 3.63) is 59.2 Å². The zero-order valence-corrected chi connectivity index (χ0v) is 15.2. The first-order chi connectivity index (χ1) is 11.8. The van der Waals surface area contributed by atoms with Gasteiger partial charge in [0, 0.05) is 6.54 Å². The number of nitrogens with one attached hydrogen (secondary N) is 1. The van der Waals surface area contributed by atoms with Gasteiger partial charge >= 0.3 is 5.97 Å². The van der Waals surface area contributed by atoms with E-state index in [2.05, 4.69) is 9.46 Å². The van der Waals surface area contributed by atoms with E-state index in [9.17, 15) is 13.2 Å². The summed E-state index contributed by atoms with van der Waals surface area (Å²) in [4.78, 5) is 11.5. The van der Waals surface area contributed by atoms with Crippen LogP contribution in [0.5, 0.6) is 5.75 Å². The van der Waals surface area contributed by atoms with E-state index in [1.807, 2.05) is 32.0 Å². The maximum absolute atomic E-state index is 12.3. The Bertz CT molecular complexity index is 862. The van der Waals surface area contributed by atoms with Crippen molar-refractivity contribution in [3.8, 4) is 5.75 Å². The fraction of sp³-hybridized carbons (Fsp3) is 0.278. The molecule has 0 atom stereocenters. The first kappa shape index (κ1) is 19.0. The molecule has 0 aliphatic heterocycles. The van der Waals surface area contributed by atoms with Crippen molar-refractivity contribution < 1.29 is 22.7 Å². The zero-order chi connectivity index (χ0) is 18.4. The van der Waals surface area contributed by atoms with E-state index in [1.165, 1.54) is 36.9 Å². The third-order valence-corrected chi connectivity index (χ3v) is 5.17. The normalized spacial score (nSPS) is 11.2. The van der Waals surface area contributed by atoms with Gasteiger partial charge in [0.15, 0.2) is 0 Å². The van der Waals surface area contributed by atoms with Gasteiger partial charge in [0.2, 0.25) is 10.0 Å². The molecule has 0 aliphatic rings. The summed E-state index contributed by atoms with van der Waals surface area (Å²) in [5.74, 6) is 0.102. The Morgan fingerprint density at radius 1 is 1.08 bits per heavy atom. The van der Waals surface area contributed by atoms with Crippen LogP contribution < -0.4 is 9.46 Å². The van der Waals surface area contributed by atoms with Crippen LogP contribution in [-0.2, 0) is 14.8 Å². The number of sulfonamides is 1. The number of esters is 1. The Kier molecular flexibility index (Phi) is 6.17. The molecule has 0 fully saturated rings. The Morgan fingerprint density at radius 3 is 2.52 bits per heavy atom. The predicted molar refractivity (Wildman–Crippen MR) is 94.4 cm³/mol. The van der Waals surface area contributed by atoms with Gasteiger partial charge in [-0.1, -0.05) is 12.1 Å². The number of benzene rings is 2. The van der Waals surface area contributed by atoms with Gasteiger partial charge in [0.25, 0.3) is 0 Å². The van der Waals surface area contributed by atoms with Crippen LogP contribution >= 0.6 is 0 Å². The first-order valence-electron chi connectivity index (χ1n) is 7.71. The highest BCUT2D eigenvalue weighted by Gasteiger charge is 2.16. The molecule has 6 nitrogen and oxygen atoms in total. The Hall–Kier alpha value is -2.38. The molecular formula is C18H21NO5S. The molecule has 0 saturated carbocycles. The van der Waals surface area contributed by atoms with E-state index in [0.29, 0.717) is 5.75 Å². The molecule has 0 saturated heterocycles. The fourth-order valence-electron chi connectivity index (χ4n) is 2.14. The minimum absolute atomic E-state index is 0.00146. The van der Waals surface area contributed by atoms with E-state index in [4.69, 9.17) is 4.74 Å². The summed E-state index contributed by atoms with van der Waals surface area (Å²) in [5, 5.41) is 0. The van der Waals surface area contributed by atoms with Crippen LogP contribution in [0.1, 0.15) is 21.5 Å². The molecule has 2 aromatic carbocycles. The second-order valence-electron chi connectivity index (χ2n) is 5.51. The van der Waals surface area contributed by atoms with Gasteiger partial charge in [0.1, 0.15) is 12.4 Å². The van der Waals surface area contributed by atoms with Gasteiger partial charge in [-0.25, -0.2) is 17.9 Å². The molecule has 2 aromatic rings. The minimum atomic E-state index is -3.73. The second-order valence-corrected chi connectivity index (χ2v) is 7.28. The van der Waals surface area contributed by atoms with Gasteiger partial charge in [0.05, 0.1) is 17.6 Å². The molecule has 0 spiro atoms. The van der Waals surface area contributed by atoms with Crippen molar-refractivity contribution in [1.29, 1.82) is 0 Å². The molecule has 7 heteroatoms. The molecule has 0 amide bonds. The third-order valence-electron chi connectivity index (χ3n) is 3.71. The summed E-state index contributed by atoms with van der Waals surface area (Å²) in [7, 11) is -2.49. The average molecular weight is 363 g/mol. The van der Waals surface area contributed by atoms with Gasteiger partial charge in [-0.05, 0) is 55.3 Å². The quantitative estimate of drug-likeness (QED) is 0.604. The molecule has 134 valence electrons. The highest BCUT2D eigenvalue weighted by Crippen LogP contribution is 2.16. The summed E-state index contributed by atoms with van der Waals surface area (Å²) >= 11 is 0. The molecule has 0 radical (unpaired) electrons. The minimum Gasteiger partial charge on any atom is -0.492 e. The number of methoxy groups -OCH3 is 1. The van der Waals surface area contributed by atoms with Crippen LogP contribution in [0, 0.1) is 13.8 Å². The van der Waals surface area contributed by atoms with Crippen LogP contribution in [0.15, 0.2) is 47.4 Å². The summed E-state index contributed by atoms with van der Waals surface area (Å²) < 4.78 is 37.2. The van der Waals surface area contributed by atoms with E-state index >= 15 is 0 Å². The van der Waals surface area contributed by atoms with E-state index in [-0.39, 0.29) is 23.6 Å². The number of carbonyl (C=O) groups excluding carboxylic acids is 1. The average Bonchev–Trinajstić information content (AvgIpc) is 2.61. The van der Waals surface area contributed by atoms with Crippen molar-refractivity contribution in [2.45, 2.75) is 18.7 Å². The van der Waals surface area contributed by atoms with Crippen molar-refractivity contribution >= 4 is 16.0 Å². The van der Waals surface area contributed by atoms with E-state index in [0.717, 1.165) is 5.56 Å². The molecule has 0 aliphatic carbocycles. The van der Waals surface area contributed by atoms with Crippen molar-refractivity contribution in [1.82, 2.24) is 4.72 Å². The maximum atomic E-state index is 12.3. The summed E-state index contributed by atoms with van der Waals surface area (Å²) in [6.45, 7) is 4.30. The Balaban J connectivity index is 1.95. The lowest BCUT2D eigenvalue weighted by atomic mass is 10.1. The third kappa shape index (κ3) is 5.04. The summed E-state index contributed by atoms with van der Waals surface area (Å²) in [6, 6.07) is 11.4. The number of hydrogen-bond donors (Lipinski definition) is 1. The molecule has 0 bridgehead atoms. The maximum Gasteiger partial charge on any atom is 0.337 e. The Labute approximate surface area is 147 Å². The van der Waals surface area contributed by atoms with Crippen molar-refractivity contribution in [2.75, 3.05) is 20.3 Å². The second kappa shape index (κ2) is 8.13. The number of carbonyl (C=O) groups is 1. The molecule has 0 heterocycles. The van der Waals surface area contributed by atoms with Gasteiger partial charge in [-0.2, -0.15) is 0 Å². The SMILES string of the molecule is COC(=O)c1cccc(S(=O)(=O)NCCOc2ccc(C)c(C)c2)c1. The standard InChI is InChI=1S/C18H21NO5S/c1-13-7-8-16(11-14(13)2)24-10-9-19-25(21,22)17-6-4-5-15(12-17)18(20)23-3/h4-8,11-12,19H,9-10H2,1-3H3. The van der Waals surface area contributed by atoms with Crippen LogP contribution in [0.3, 0.4) is 0 Å². The lowest BCUT2D eigenvalue weighted by Crippen LogP contribution is -2.28. The molecule has 1 N–H and O–H groups in total. The lowest BCUT2D eigenvalue weighted by Gasteiger charge is -2.10. The molecule has 0 aromatic heterocycles. The smallest absolute Gasteiger partial charge is 0.337 e. The van der Waals surface area contributed by atoms with Gasteiger partial charge in [-0.3, -0.25) is 0 Å². The number of ether oxygens (including phenoxy) is 2. The summed E-state index contributed by atoms with van der Waals surface area (Å²) in [6.07, 6.45) is 0. The topological polar surface area (TPSA) is 81.7 Å². The molecule has 25 heavy (non-hydrogen) atoms. The number of hydrogen-bond acceptors (Lipinski definition) is 5. The molecule has 2 rings (SSSR count). The first-order valence-corrected chi connectivity index (χ1v) is 9.20.